The first-order chi connectivity index (χ1) is 17.0. The largest absolute Gasteiger partial charge is 0.573 e. The summed E-state index contributed by atoms with van der Waals surface area (Å²) in [6, 6.07) is 10.4. The van der Waals surface area contributed by atoms with Gasteiger partial charge < -0.3 is 25.6 Å². The standard InChI is InChI=1S/C19H13F4NO3S.C4H10N2O2/c1-11(26-14-4-6-15(7-5-14)27-19(21,22)23)18-9-17(24-28-18)12-2-3-13(10-25)16(20)8-12;1-6-3(2-7)4(5)8/h2-11H,1H3;3,6-7H,2H2,1H3,(H2,5,8). The number of nitrogens with two attached hydrogens (primary N) is 1. The van der Waals surface area contributed by atoms with Gasteiger partial charge in [0, 0.05) is 5.56 Å². The number of likely N-dealkylation sites (N-methyl/N-ethyl adjacent to an activating group) is 1. The van der Waals surface area contributed by atoms with Crippen LogP contribution in [0.15, 0.2) is 48.5 Å². The van der Waals surface area contributed by atoms with Gasteiger partial charge >= 0.3 is 6.36 Å². The second-order valence-corrected chi connectivity index (χ2v) is 8.01. The maximum atomic E-state index is 13.8. The van der Waals surface area contributed by atoms with Crippen LogP contribution in [0.1, 0.15) is 28.3 Å². The first kappa shape index (κ1) is 28.7. The molecular weight excluding hydrogens is 506 g/mol. The lowest BCUT2D eigenvalue weighted by molar-refractivity contribution is -0.274. The predicted octanol–water partition coefficient (Wildman–Crippen LogP) is 3.85. The molecule has 0 bridgehead atoms. The molecular formula is C23H23F4N3O5S. The fourth-order valence-electron chi connectivity index (χ4n) is 2.70. The maximum absolute atomic E-state index is 13.8. The Balaban J connectivity index is 0.000000493. The second-order valence-electron chi connectivity index (χ2n) is 7.17. The summed E-state index contributed by atoms with van der Waals surface area (Å²) in [6.45, 7) is 1.51. The monoisotopic (exact) mass is 529 g/mol. The molecule has 36 heavy (non-hydrogen) atoms. The summed E-state index contributed by atoms with van der Waals surface area (Å²) in [5, 5.41) is 10.9. The Morgan fingerprint density at radius 2 is 1.83 bits per heavy atom. The van der Waals surface area contributed by atoms with Gasteiger partial charge in [-0.2, -0.15) is 4.37 Å². The molecule has 4 N–H and O–H groups in total. The van der Waals surface area contributed by atoms with E-state index in [4.69, 9.17) is 15.6 Å². The molecule has 194 valence electrons. The number of amides is 1. The molecule has 1 heterocycles. The van der Waals surface area contributed by atoms with E-state index in [1.165, 1.54) is 24.3 Å². The molecule has 13 heteroatoms. The number of nitrogens with one attached hydrogen (secondary N) is 1. The van der Waals surface area contributed by atoms with Crippen LogP contribution < -0.4 is 20.5 Å². The molecule has 2 atom stereocenters. The van der Waals surface area contributed by atoms with Gasteiger partial charge in [-0.25, -0.2) is 4.39 Å². The zero-order valence-corrected chi connectivity index (χ0v) is 19.9. The van der Waals surface area contributed by atoms with Gasteiger partial charge in [0.25, 0.3) is 0 Å². The van der Waals surface area contributed by atoms with Crippen LogP contribution in [0.25, 0.3) is 11.3 Å². The van der Waals surface area contributed by atoms with E-state index in [0.29, 0.717) is 23.3 Å². The highest BCUT2D eigenvalue weighted by molar-refractivity contribution is 7.06. The van der Waals surface area contributed by atoms with Crippen molar-refractivity contribution in [2.24, 2.45) is 5.73 Å². The average Bonchev–Trinajstić information content (AvgIpc) is 3.31. The summed E-state index contributed by atoms with van der Waals surface area (Å²) in [6.07, 6.45) is -4.75. The molecule has 0 fully saturated rings. The number of alkyl halides is 3. The Morgan fingerprint density at radius 1 is 1.19 bits per heavy atom. The number of aromatic nitrogens is 1. The summed E-state index contributed by atoms with van der Waals surface area (Å²) in [7, 11) is 1.56. The minimum absolute atomic E-state index is 0.0335. The van der Waals surface area contributed by atoms with Gasteiger partial charge in [0.05, 0.1) is 22.7 Å². The SMILES string of the molecule is CC(Oc1ccc(OC(F)(F)F)cc1)c1cc(-c2ccc(C=O)c(F)c2)ns1.CNC(CO)C(N)=O. The number of carbonyl (C=O) groups is 2. The molecule has 0 spiro atoms. The minimum atomic E-state index is -4.75. The summed E-state index contributed by atoms with van der Waals surface area (Å²) < 4.78 is 64.1. The van der Waals surface area contributed by atoms with Gasteiger partial charge in [0.2, 0.25) is 5.91 Å². The quantitative estimate of drug-likeness (QED) is 0.284. The van der Waals surface area contributed by atoms with Gasteiger partial charge in [0.15, 0.2) is 6.29 Å². The number of aliphatic hydroxyl groups excluding tert-OH is 1. The van der Waals surface area contributed by atoms with E-state index in [1.54, 1.807) is 26.1 Å². The Hall–Kier alpha value is -3.55. The zero-order valence-electron chi connectivity index (χ0n) is 19.1. The molecule has 0 aliphatic rings. The number of primary amides is 1. The molecule has 1 aromatic heterocycles. The Kier molecular flexibility index (Phi) is 10.3. The number of benzene rings is 2. The molecule has 0 saturated carbocycles. The minimum Gasteiger partial charge on any atom is -0.485 e. The molecule has 0 aliphatic heterocycles. The van der Waals surface area contributed by atoms with Crippen molar-refractivity contribution in [3.63, 3.8) is 0 Å². The van der Waals surface area contributed by atoms with Crippen molar-refractivity contribution >= 4 is 23.7 Å². The van der Waals surface area contributed by atoms with E-state index in [2.05, 4.69) is 14.4 Å². The Labute approximate surface area is 207 Å². The summed E-state index contributed by atoms with van der Waals surface area (Å²) in [5.41, 5.74) is 5.81. The van der Waals surface area contributed by atoms with Gasteiger partial charge in [-0.3, -0.25) is 9.59 Å². The average molecular weight is 530 g/mol. The van der Waals surface area contributed by atoms with E-state index in [-0.39, 0.29) is 17.9 Å². The first-order valence-corrected chi connectivity index (χ1v) is 11.1. The number of ether oxygens (including phenoxy) is 2. The van der Waals surface area contributed by atoms with Crippen LogP contribution in [0.3, 0.4) is 0 Å². The Morgan fingerprint density at radius 3 is 2.31 bits per heavy atom. The van der Waals surface area contributed by atoms with E-state index in [1.807, 2.05) is 0 Å². The third-order valence-electron chi connectivity index (χ3n) is 4.60. The molecule has 8 nitrogen and oxygen atoms in total. The van der Waals surface area contributed by atoms with Crippen LogP contribution in [0.2, 0.25) is 0 Å². The molecule has 0 radical (unpaired) electrons. The molecule has 2 unspecified atom stereocenters. The lowest BCUT2D eigenvalue weighted by Gasteiger charge is -2.13. The number of hydrogen-bond donors (Lipinski definition) is 3. The highest BCUT2D eigenvalue weighted by Gasteiger charge is 2.31. The third kappa shape index (κ3) is 8.59. The van der Waals surface area contributed by atoms with Crippen LogP contribution in [0.4, 0.5) is 17.6 Å². The maximum Gasteiger partial charge on any atom is 0.573 e. The number of nitrogens with zero attached hydrogens (tertiary/aromatic N) is 1. The first-order valence-electron chi connectivity index (χ1n) is 10.3. The molecule has 0 saturated heterocycles. The number of halogens is 4. The van der Waals surface area contributed by atoms with Crippen molar-refractivity contribution in [2.45, 2.75) is 25.4 Å². The summed E-state index contributed by atoms with van der Waals surface area (Å²) in [4.78, 5) is 21.6. The normalized spacial score (nSPS) is 12.6. The van der Waals surface area contributed by atoms with Crippen LogP contribution >= 0.6 is 11.5 Å². The number of aldehydes is 1. The van der Waals surface area contributed by atoms with Gasteiger partial charge in [-0.15, -0.1) is 13.2 Å². The number of rotatable bonds is 9. The summed E-state index contributed by atoms with van der Waals surface area (Å²) in [5.74, 6) is -1.14. The molecule has 1 amide bonds. The lowest BCUT2D eigenvalue weighted by Crippen LogP contribution is -2.41. The van der Waals surface area contributed by atoms with Crippen molar-refractivity contribution in [1.29, 1.82) is 0 Å². The second kappa shape index (κ2) is 13.0. The van der Waals surface area contributed by atoms with Crippen LogP contribution in [0, 0.1) is 5.82 Å². The van der Waals surface area contributed by atoms with E-state index >= 15 is 0 Å². The van der Waals surface area contributed by atoms with Crippen molar-refractivity contribution in [3.05, 3.63) is 64.8 Å². The van der Waals surface area contributed by atoms with E-state index < -0.39 is 30.2 Å². The fourth-order valence-corrected chi connectivity index (χ4v) is 3.43. The lowest BCUT2D eigenvalue weighted by atomic mass is 10.1. The zero-order chi connectivity index (χ0) is 26.9. The highest BCUT2D eigenvalue weighted by Crippen LogP contribution is 2.31. The van der Waals surface area contributed by atoms with Crippen molar-refractivity contribution in [3.8, 4) is 22.8 Å². The highest BCUT2D eigenvalue weighted by atomic mass is 32.1. The third-order valence-corrected chi connectivity index (χ3v) is 5.55. The van der Waals surface area contributed by atoms with E-state index in [9.17, 15) is 27.2 Å². The topological polar surface area (TPSA) is 124 Å². The molecule has 2 aromatic carbocycles. The van der Waals surface area contributed by atoms with Crippen molar-refractivity contribution < 1.29 is 41.7 Å². The van der Waals surface area contributed by atoms with Crippen LogP contribution in [-0.2, 0) is 4.79 Å². The number of carbonyl (C=O) groups excluding carboxylic acids is 2. The van der Waals surface area contributed by atoms with Crippen molar-refractivity contribution in [2.75, 3.05) is 13.7 Å². The molecule has 0 aliphatic carbocycles. The van der Waals surface area contributed by atoms with Gasteiger partial charge in [-0.05, 0) is 68.0 Å². The van der Waals surface area contributed by atoms with Gasteiger partial charge in [-0.1, -0.05) is 6.07 Å². The van der Waals surface area contributed by atoms with Crippen molar-refractivity contribution in [1.82, 2.24) is 9.69 Å². The predicted molar refractivity (Wildman–Crippen MR) is 124 cm³/mol. The number of hydrogen-bond acceptors (Lipinski definition) is 8. The Bertz CT molecular complexity index is 1150. The molecule has 3 aromatic rings. The fraction of sp³-hybridized carbons (Fsp3) is 0.261. The van der Waals surface area contributed by atoms with Crippen LogP contribution in [0.5, 0.6) is 11.5 Å². The number of aliphatic hydroxyl groups is 1. The van der Waals surface area contributed by atoms with Crippen LogP contribution in [-0.4, -0.2) is 47.7 Å². The van der Waals surface area contributed by atoms with E-state index in [0.717, 1.165) is 28.5 Å². The van der Waals surface area contributed by atoms with Gasteiger partial charge in [0.1, 0.15) is 29.5 Å². The smallest absolute Gasteiger partial charge is 0.485 e. The summed E-state index contributed by atoms with van der Waals surface area (Å²) >= 11 is 1.16. The molecule has 3 rings (SSSR count).